The molecule has 0 fully saturated rings. The van der Waals surface area contributed by atoms with Gasteiger partial charge >= 0.3 is 6.03 Å². The van der Waals surface area contributed by atoms with Gasteiger partial charge in [0.05, 0.1) is 0 Å². The first-order valence-electron chi connectivity index (χ1n) is 6.56. The van der Waals surface area contributed by atoms with Gasteiger partial charge in [-0.05, 0) is 30.5 Å². The van der Waals surface area contributed by atoms with Crippen molar-refractivity contribution in [2.75, 3.05) is 5.32 Å². The van der Waals surface area contributed by atoms with E-state index in [1.165, 1.54) is 0 Å². The van der Waals surface area contributed by atoms with Crippen LogP contribution >= 0.6 is 0 Å². The summed E-state index contributed by atoms with van der Waals surface area (Å²) in [5.41, 5.74) is 7.35. The molecule has 0 aromatic heterocycles. The van der Waals surface area contributed by atoms with Gasteiger partial charge in [-0.2, -0.15) is 0 Å². The Morgan fingerprint density at radius 3 is 2.78 bits per heavy atom. The van der Waals surface area contributed by atoms with Crippen LogP contribution in [0.25, 0.3) is 0 Å². The van der Waals surface area contributed by atoms with Crippen molar-refractivity contribution in [2.45, 2.75) is 45.7 Å². The molecule has 0 saturated heterocycles. The smallest absolute Gasteiger partial charge is 0.319 e. The molecular weight excluding hydrogens is 226 g/mol. The van der Waals surface area contributed by atoms with E-state index in [1.807, 2.05) is 24.3 Å². The third-order valence-electron chi connectivity index (χ3n) is 2.89. The van der Waals surface area contributed by atoms with Crippen LogP contribution in [-0.2, 0) is 6.54 Å². The lowest BCUT2D eigenvalue weighted by Crippen LogP contribution is -2.37. The number of urea groups is 1. The number of carbonyl (C=O) groups is 1. The highest BCUT2D eigenvalue weighted by Crippen LogP contribution is 2.10. The first-order chi connectivity index (χ1) is 8.69. The van der Waals surface area contributed by atoms with E-state index in [0.29, 0.717) is 6.54 Å². The summed E-state index contributed by atoms with van der Waals surface area (Å²) in [7, 11) is 0. The summed E-state index contributed by atoms with van der Waals surface area (Å²) < 4.78 is 0. The van der Waals surface area contributed by atoms with Crippen LogP contribution in [0.5, 0.6) is 0 Å². The second-order valence-electron chi connectivity index (χ2n) is 4.40. The first kappa shape index (κ1) is 14.5. The maximum absolute atomic E-state index is 11.8. The second-order valence-corrected chi connectivity index (χ2v) is 4.40. The summed E-state index contributed by atoms with van der Waals surface area (Å²) in [6.07, 6.45) is 3.03. The zero-order valence-corrected chi connectivity index (χ0v) is 11.2. The van der Waals surface area contributed by atoms with Crippen molar-refractivity contribution >= 4 is 11.7 Å². The van der Waals surface area contributed by atoms with Crippen molar-refractivity contribution in [1.29, 1.82) is 0 Å². The predicted octanol–water partition coefficient (Wildman–Crippen LogP) is 2.85. The third kappa shape index (κ3) is 4.75. The molecule has 100 valence electrons. The zero-order valence-electron chi connectivity index (χ0n) is 11.2. The number of amides is 2. The van der Waals surface area contributed by atoms with Crippen LogP contribution in [0.2, 0.25) is 0 Å². The van der Waals surface area contributed by atoms with Gasteiger partial charge in [0, 0.05) is 18.3 Å². The molecule has 0 spiro atoms. The van der Waals surface area contributed by atoms with Crippen LogP contribution in [0.4, 0.5) is 10.5 Å². The Morgan fingerprint density at radius 1 is 1.39 bits per heavy atom. The van der Waals surface area contributed by atoms with E-state index in [1.54, 1.807) is 0 Å². The number of benzene rings is 1. The van der Waals surface area contributed by atoms with E-state index >= 15 is 0 Å². The van der Waals surface area contributed by atoms with Gasteiger partial charge < -0.3 is 16.4 Å². The molecule has 0 heterocycles. The average Bonchev–Trinajstić information content (AvgIpc) is 2.38. The van der Waals surface area contributed by atoms with Crippen LogP contribution in [0, 0.1) is 0 Å². The van der Waals surface area contributed by atoms with Gasteiger partial charge in [0.25, 0.3) is 0 Å². The van der Waals surface area contributed by atoms with Gasteiger partial charge in [0.15, 0.2) is 0 Å². The number of nitrogens with one attached hydrogen (secondary N) is 2. The van der Waals surface area contributed by atoms with Crippen molar-refractivity contribution in [3.05, 3.63) is 29.8 Å². The van der Waals surface area contributed by atoms with Gasteiger partial charge in [-0.15, -0.1) is 0 Å². The molecule has 4 heteroatoms. The number of nitrogens with two attached hydrogens (primary N) is 1. The first-order valence-corrected chi connectivity index (χ1v) is 6.56. The summed E-state index contributed by atoms with van der Waals surface area (Å²) in [6, 6.07) is 7.67. The van der Waals surface area contributed by atoms with Gasteiger partial charge in [-0.25, -0.2) is 4.79 Å². The van der Waals surface area contributed by atoms with E-state index in [2.05, 4.69) is 24.5 Å². The monoisotopic (exact) mass is 249 g/mol. The van der Waals surface area contributed by atoms with E-state index in [4.69, 9.17) is 5.73 Å². The molecule has 18 heavy (non-hydrogen) atoms. The summed E-state index contributed by atoms with van der Waals surface area (Å²) in [5.74, 6) is 0. The lowest BCUT2D eigenvalue weighted by molar-refractivity contribution is 0.247. The maximum atomic E-state index is 11.8. The molecule has 1 atom stereocenters. The lowest BCUT2D eigenvalue weighted by Gasteiger charge is -2.16. The van der Waals surface area contributed by atoms with Crippen molar-refractivity contribution < 1.29 is 4.79 Å². The van der Waals surface area contributed by atoms with Gasteiger partial charge in [-0.1, -0.05) is 32.4 Å². The number of anilines is 1. The van der Waals surface area contributed by atoms with Crippen molar-refractivity contribution in [3.8, 4) is 0 Å². The van der Waals surface area contributed by atoms with Gasteiger partial charge in [0.2, 0.25) is 0 Å². The molecule has 0 aliphatic carbocycles. The molecule has 0 radical (unpaired) electrons. The average molecular weight is 249 g/mol. The zero-order chi connectivity index (χ0) is 13.4. The highest BCUT2D eigenvalue weighted by molar-refractivity contribution is 5.89. The second kappa shape index (κ2) is 7.71. The Balaban J connectivity index is 2.52. The number of hydrogen-bond donors (Lipinski definition) is 3. The van der Waals surface area contributed by atoms with Crippen LogP contribution in [0.3, 0.4) is 0 Å². The fraction of sp³-hybridized carbons (Fsp3) is 0.500. The molecule has 1 rings (SSSR count). The largest absolute Gasteiger partial charge is 0.335 e. The van der Waals surface area contributed by atoms with E-state index < -0.39 is 0 Å². The molecule has 4 N–H and O–H groups in total. The molecule has 1 unspecified atom stereocenters. The van der Waals surface area contributed by atoms with Crippen LogP contribution in [-0.4, -0.2) is 12.1 Å². The Bertz CT molecular complexity index is 379. The normalized spacial score (nSPS) is 11.9. The minimum absolute atomic E-state index is 0.149. The van der Waals surface area contributed by atoms with E-state index in [-0.39, 0.29) is 12.1 Å². The molecule has 0 bridgehead atoms. The topological polar surface area (TPSA) is 67.2 Å². The Labute approximate surface area is 109 Å². The lowest BCUT2D eigenvalue weighted by atomic mass is 10.1. The predicted molar refractivity (Wildman–Crippen MR) is 75.5 cm³/mol. The van der Waals surface area contributed by atoms with E-state index in [0.717, 1.165) is 30.5 Å². The fourth-order valence-electron chi connectivity index (χ4n) is 1.86. The van der Waals surface area contributed by atoms with Crippen molar-refractivity contribution in [1.82, 2.24) is 5.32 Å². The third-order valence-corrected chi connectivity index (χ3v) is 2.89. The molecule has 0 aliphatic rings. The standard InChI is InChI=1S/C14H23N3O/c1-3-6-12(4-2)16-14(18)17-13-8-5-7-11(9-13)10-15/h5,7-9,12H,3-4,6,10,15H2,1-2H3,(H2,16,17,18). The molecule has 2 amide bonds. The highest BCUT2D eigenvalue weighted by atomic mass is 16.2. The maximum Gasteiger partial charge on any atom is 0.319 e. The quantitative estimate of drug-likeness (QED) is 0.725. The fourth-order valence-corrected chi connectivity index (χ4v) is 1.86. The minimum Gasteiger partial charge on any atom is -0.335 e. The Hall–Kier alpha value is -1.55. The molecule has 0 saturated carbocycles. The van der Waals surface area contributed by atoms with Crippen molar-refractivity contribution in [2.24, 2.45) is 5.73 Å². The van der Waals surface area contributed by atoms with Crippen LogP contribution in [0.1, 0.15) is 38.7 Å². The summed E-state index contributed by atoms with van der Waals surface area (Å²) in [4.78, 5) is 11.8. The van der Waals surface area contributed by atoms with Crippen molar-refractivity contribution in [3.63, 3.8) is 0 Å². The molecule has 1 aromatic rings. The molecule has 1 aromatic carbocycles. The summed E-state index contributed by atoms with van der Waals surface area (Å²) in [5, 5.41) is 5.81. The van der Waals surface area contributed by atoms with Gasteiger partial charge in [0.1, 0.15) is 0 Å². The number of carbonyl (C=O) groups excluding carboxylic acids is 1. The van der Waals surface area contributed by atoms with Gasteiger partial charge in [-0.3, -0.25) is 0 Å². The minimum atomic E-state index is -0.149. The summed E-state index contributed by atoms with van der Waals surface area (Å²) in [6.45, 7) is 4.67. The number of hydrogen-bond acceptors (Lipinski definition) is 2. The highest BCUT2D eigenvalue weighted by Gasteiger charge is 2.09. The molecule has 4 nitrogen and oxygen atoms in total. The number of rotatable bonds is 6. The Morgan fingerprint density at radius 2 is 2.17 bits per heavy atom. The molecule has 0 aliphatic heterocycles. The molecular formula is C14H23N3O. The van der Waals surface area contributed by atoms with E-state index in [9.17, 15) is 4.79 Å². The summed E-state index contributed by atoms with van der Waals surface area (Å²) >= 11 is 0. The SMILES string of the molecule is CCCC(CC)NC(=O)Nc1cccc(CN)c1. The van der Waals surface area contributed by atoms with Crippen LogP contribution in [0.15, 0.2) is 24.3 Å². The Kier molecular flexibility index (Phi) is 6.22. The van der Waals surface area contributed by atoms with Crippen LogP contribution < -0.4 is 16.4 Å².